The van der Waals surface area contributed by atoms with Gasteiger partial charge in [0, 0.05) is 57.7 Å². The lowest BCUT2D eigenvalue weighted by molar-refractivity contribution is -0.0543. The Labute approximate surface area is 154 Å². The normalized spacial score (nSPS) is 24.0. The van der Waals surface area contributed by atoms with Crippen LogP contribution in [0.4, 0.5) is 5.82 Å². The lowest BCUT2D eigenvalue weighted by Gasteiger charge is -2.51. The minimum atomic E-state index is 0.0628. The summed E-state index contributed by atoms with van der Waals surface area (Å²) in [5.41, 5.74) is 0.738. The van der Waals surface area contributed by atoms with Crippen molar-refractivity contribution in [3.8, 4) is 0 Å². The summed E-state index contributed by atoms with van der Waals surface area (Å²) in [4.78, 5) is 24.2. The number of morpholine rings is 1. The van der Waals surface area contributed by atoms with Gasteiger partial charge in [0.15, 0.2) is 0 Å². The summed E-state index contributed by atoms with van der Waals surface area (Å²) in [5, 5.41) is 0. The Kier molecular flexibility index (Phi) is 5.11. The zero-order valence-corrected chi connectivity index (χ0v) is 15.5. The molecule has 0 aliphatic carbocycles. The predicted molar refractivity (Wildman–Crippen MR) is 98.6 cm³/mol. The average Bonchev–Trinajstić information content (AvgIpc) is 2.71. The monoisotopic (exact) mass is 360 g/mol. The first kappa shape index (κ1) is 17.7. The van der Waals surface area contributed by atoms with Gasteiger partial charge >= 0.3 is 0 Å². The summed E-state index contributed by atoms with van der Waals surface area (Å²) in [5.74, 6) is 1.01. The Hall–Kier alpha value is -1.70. The molecule has 3 fully saturated rings. The minimum Gasteiger partial charge on any atom is -0.381 e. The van der Waals surface area contributed by atoms with Gasteiger partial charge in [0.25, 0.3) is 5.91 Å². The van der Waals surface area contributed by atoms with E-state index in [4.69, 9.17) is 9.47 Å². The van der Waals surface area contributed by atoms with Crippen LogP contribution in [0.5, 0.6) is 0 Å². The van der Waals surface area contributed by atoms with Crippen molar-refractivity contribution < 1.29 is 14.3 Å². The van der Waals surface area contributed by atoms with Crippen molar-refractivity contribution in [2.75, 3.05) is 71.1 Å². The maximum Gasteiger partial charge on any atom is 0.255 e. The molecule has 0 unspecified atom stereocenters. The van der Waals surface area contributed by atoms with E-state index in [0.717, 1.165) is 77.8 Å². The van der Waals surface area contributed by atoms with Crippen LogP contribution < -0.4 is 4.90 Å². The maximum absolute atomic E-state index is 13.0. The Bertz CT molecular complexity index is 624. The molecule has 0 radical (unpaired) electrons. The summed E-state index contributed by atoms with van der Waals surface area (Å²) < 4.78 is 10.9. The zero-order chi connectivity index (χ0) is 18.0. The molecule has 0 N–H and O–H groups in total. The smallest absolute Gasteiger partial charge is 0.255 e. The number of amides is 1. The van der Waals surface area contributed by atoms with Gasteiger partial charge in [-0.25, -0.2) is 4.98 Å². The third-order valence-electron chi connectivity index (χ3n) is 6.04. The molecule has 1 spiro atoms. The number of nitrogens with zero attached hydrogens (tertiary/aromatic N) is 4. The van der Waals surface area contributed by atoms with E-state index in [9.17, 15) is 4.79 Å². The highest BCUT2D eigenvalue weighted by Crippen LogP contribution is 2.31. The first-order valence-corrected chi connectivity index (χ1v) is 9.55. The molecule has 0 atom stereocenters. The standard InChI is InChI=1S/C19H28N4O3/c1-21-6-7-23(15-19(21)4-10-25-11-5-19)18(24)16-2-3-17(20-14-16)22-8-12-26-13-9-22/h2-3,14H,4-13,15H2,1H3. The zero-order valence-electron chi connectivity index (χ0n) is 15.5. The van der Waals surface area contributed by atoms with Gasteiger partial charge in [-0.1, -0.05) is 0 Å². The fourth-order valence-corrected chi connectivity index (χ4v) is 4.20. The van der Waals surface area contributed by atoms with Crippen LogP contribution in [0.2, 0.25) is 0 Å². The van der Waals surface area contributed by atoms with Crippen LogP contribution in [-0.4, -0.2) is 92.4 Å². The molecule has 4 rings (SSSR count). The molecule has 0 bridgehead atoms. The van der Waals surface area contributed by atoms with Crippen molar-refractivity contribution in [1.29, 1.82) is 0 Å². The van der Waals surface area contributed by atoms with Crippen LogP contribution in [0.3, 0.4) is 0 Å². The number of rotatable bonds is 2. The molecule has 3 aliphatic rings. The first-order chi connectivity index (χ1) is 12.7. The molecule has 7 heteroatoms. The predicted octanol–water partition coefficient (Wildman–Crippen LogP) is 0.855. The molecule has 3 saturated heterocycles. The van der Waals surface area contributed by atoms with Gasteiger partial charge in [-0.2, -0.15) is 0 Å². The quantitative estimate of drug-likeness (QED) is 0.780. The Balaban J connectivity index is 1.45. The molecule has 142 valence electrons. The lowest BCUT2D eigenvalue weighted by atomic mass is 9.86. The molecule has 1 aromatic rings. The molecule has 0 saturated carbocycles. The molecule has 1 aromatic heterocycles. The molecular formula is C19H28N4O3. The van der Waals surface area contributed by atoms with E-state index < -0.39 is 0 Å². The second-order valence-corrected chi connectivity index (χ2v) is 7.49. The second kappa shape index (κ2) is 7.50. The third kappa shape index (κ3) is 3.43. The summed E-state index contributed by atoms with van der Waals surface area (Å²) in [6, 6.07) is 3.87. The first-order valence-electron chi connectivity index (χ1n) is 9.55. The lowest BCUT2D eigenvalue weighted by Crippen LogP contribution is -2.63. The van der Waals surface area contributed by atoms with Crippen molar-refractivity contribution in [1.82, 2.24) is 14.8 Å². The van der Waals surface area contributed by atoms with Gasteiger partial charge in [-0.3, -0.25) is 9.69 Å². The summed E-state index contributed by atoms with van der Waals surface area (Å²) >= 11 is 0. The maximum atomic E-state index is 13.0. The molecular weight excluding hydrogens is 332 g/mol. The SMILES string of the molecule is CN1CCN(C(=O)c2ccc(N3CCOCC3)nc2)CC12CCOCC2. The van der Waals surface area contributed by atoms with E-state index in [1.165, 1.54) is 0 Å². The fraction of sp³-hybridized carbons (Fsp3) is 0.684. The highest BCUT2D eigenvalue weighted by molar-refractivity contribution is 5.94. The van der Waals surface area contributed by atoms with Crippen LogP contribution >= 0.6 is 0 Å². The third-order valence-corrected chi connectivity index (χ3v) is 6.04. The molecule has 3 aliphatic heterocycles. The van der Waals surface area contributed by atoms with Gasteiger partial charge < -0.3 is 19.3 Å². The number of likely N-dealkylation sites (N-methyl/N-ethyl adjacent to an activating group) is 1. The van der Waals surface area contributed by atoms with Gasteiger partial charge in [-0.15, -0.1) is 0 Å². The van der Waals surface area contributed by atoms with Gasteiger partial charge in [0.05, 0.1) is 18.8 Å². The van der Waals surface area contributed by atoms with Gasteiger partial charge in [0.1, 0.15) is 5.82 Å². The molecule has 26 heavy (non-hydrogen) atoms. The average molecular weight is 360 g/mol. The number of hydrogen-bond donors (Lipinski definition) is 0. The van der Waals surface area contributed by atoms with E-state index in [1.54, 1.807) is 6.20 Å². The second-order valence-electron chi connectivity index (χ2n) is 7.49. The highest BCUT2D eigenvalue weighted by atomic mass is 16.5. The Morgan fingerprint density at radius 3 is 2.46 bits per heavy atom. The number of carbonyl (C=O) groups is 1. The number of ether oxygens (including phenoxy) is 2. The number of hydrogen-bond acceptors (Lipinski definition) is 6. The van der Waals surface area contributed by atoms with E-state index in [2.05, 4.69) is 21.8 Å². The van der Waals surface area contributed by atoms with Gasteiger partial charge in [-0.05, 0) is 32.0 Å². The van der Waals surface area contributed by atoms with Crippen molar-refractivity contribution >= 4 is 11.7 Å². The van der Waals surface area contributed by atoms with Crippen molar-refractivity contribution in [2.45, 2.75) is 18.4 Å². The molecule has 7 nitrogen and oxygen atoms in total. The number of piperazine rings is 1. The Morgan fingerprint density at radius 1 is 1.04 bits per heavy atom. The topological polar surface area (TPSA) is 58.1 Å². The minimum absolute atomic E-state index is 0.0628. The van der Waals surface area contributed by atoms with E-state index in [1.807, 2.05) is 17.0 Å². The number of anilines is 1. The molecule has 1 amide bonds. The van der Waals surface area contributed by atoms with E-state index in [0.29, 0.717) is 5.56 Å². The van der Waals surface area contributed by atoms with Crippen molar-refractivity contribution in [2.24, 2.45) is 0 Å². The van der Waals surface area contributed by atoms with Crippen molar-refractivity contribution in [3.63, 3.8) is 0 Å². The van der Waals surface area contributed by atoms with Crippen LogP contribution in [0, 0.1) is 0 Å². The van der Waals surface area contributed by atoms with Gasteiger partial charge in [0.2, 0.25) is 0 Å². The largest absolute Gasteiger partial charge is 0.381 e. The fourth-order valence-electron chi connectivity index (χ4n) is 4.20. The van der Waals surface area contributed by atoms with E-state index >= 15 is 0 Å². The van der Waals surface area contributed by atoms with Crippen LogP contribution in [0.25, 0.3) is 0 Å². The van der Waals surface area contributed by atoms with Crippen molar-refractivity contribution in [3.05, 3.63) is 23.9 Å². The van der Waals surface area contributed by atoms with Crippen LogP contribution in [0.15, 0.2) is 18.3 Å². The summed E-state index contributed by atoms with van der Waals surface area (Å²) in [7, 11) is 2.17. The molecule has 0 aromatic carbocycles. The number of pyridine rings is 1. The highest BCUT2D eigenvalue weighted by Gasteiger charge is 2.42. The number of aromatic nitrogens is 1. The summed E-state index contributed by atoms with van der Waals surface area (Å²) in [6.45, 7) is 7.17. The van der Waals surface area contributed by atoms with Crippen LogP contribution in [0.1, 0.15) is 23.2 Å². The number of carbonyl (C=O) groups excluding carboxylic acids is 1. The van der Waals surface area contributed by atoms with E-state index in [-0.39, 0.29) is 11.4 Å². The molecule has 4 heterocycles. The summed E-state index contributed by atoms with van der Waals surface area (Å²) in [6.07, 6.45) is 3.70. The Morgan fingerprint density at radius 2 is 1.77 bits per heavy atom. The van der Waals surface area contributed by atoms with Crippen LogP contribution in [-0.2, 0) is 9.47 Å².